The Bertz CT molecular complexity index is 403. The average Bonchev–Trinajstić information content (AvgIpc) is 2.62. The first-order valence-electron chi connectivity index (χ1n) is 6.88. The second kappa shape index (κ2) is 4.84. The topological polar surface area (TPSA) is 29.3 Å². The van der Waals surface area contributed by atoms with Crippen molar-refractivity contribution >= 4 is 11.6 Å². The first kappa shape index (κ1) is 12.5. The van der Waals surface area contributed by atoms with Crippen molar-refractivity contribution in [2.45, 2.75) is 43.8 Å². The first-order chi connectivity index (χ1) is 8.65. The van der Waals surface area contributed by atoms with Gasteiger partial charge in [0.25, 0.3) is 0 Å². The van der Waals surface area contributed by atoms with Crippen LogP contribution in [0.3, 0.4) is 0 Å². The van der Waals surface area contributed by atoms with Crippen molar-refractivity contribution in [2.75, 3.05) is 7.05 Å². The van der Waals surface area contributed by atoms with E-state index < -0.39 is 0 Å². The molecule has 2 saturated heterocycles. The normalized spacial score (nSPS) is 33.6. The Labute approximate surface area is 114 Å². The van der Waals surface area contributed by atoms with Gasteiger partial charge in [-0.15, -0.1) is 0 Å². The molecule has 2 N–H and O–H groups in total. The van der Waals surface area contributed by atoms with E-state index in [1.165, 1.54) is 31.2 Å². The summed E-state index contributed by atoms with van der Waals surface area (Å²) >= 11 is 5.93. The van der Waals surface area contributed by atoms with E-state index in [9.17, 15) is 0 Å². The van der Waals surface area contributed by atoms with E-state index in [-0.39, 0.29) is 6.04 Å². The Morgan fingerprint density at radius 2 is 1.72 bits per heavy atom. The smallest absolute Gasteiger partial charge is 0.0406 e. The molecule has 0 amide bonds. The van der Waals surface area contributed by atoms with Crippen molar-refractivity contribution < 1.29 is 0 Å². The Morgan fingerprint density at radius 1 is 1.17 bits per heavy atom. The van der Waals surface area contributed by atoms with Gasteiger partial charge in [0.15, 0.2) is 0 Å². The van der Waals surface area contributed by atoms with Crippen molar-refractivity contribution in [2.24, 2.45) is 11.7 Å². The summed E-state index contributed by atoms with van der Waals surface area (Å²) in [6.07, 6.45) is 5.20. The molecule has 3 atom stereocenters. The number of rotatable bonds is 2. The highest BCUT2D eigenvalue weighted by atomic mass is 35.5. The zero-order valence-electron chi connectivity index (χ0n) is 10.8. The number of benzene rings is 1. The van der Waals surface area contributed by atoms with Crippen LogP contribution in [-0.4, -0.2) is 24.0 Å². The molecule has 1 aromatic carbocycles. The maximum atomic E-state index is 6.46. The highest BCUT2D eigenvalue weighted by molar-refractivity contribution is 6.30. The van der Waals surface area contributed by atoms with Gasteiger partial charge >= 0.3 is 0 Å². The van der Waals surface area contributed by atoms with Crippen LogP contribution >= 0.6 is 11.6 Å². The van der Waals surface area contributed by atoms with Gasteiger partial charge < -0.3 is 10.6 Å². The van der Waals surface area contributed by atoms with Crippen LogP contribution in [0.2, 0.25) is 5.02 Å². The largest absolute Gasteiger partial charge is 0.324 e. The van der Waals surface area contributed by atoms with Crippen molar-refractivity contribution in [1.82, 2.24) is 4.90 Å². The zero-order chi connectivity index (χ0) is 12.7. The average molecular weight is 265 g/mol. The van der Waals surface area contributed by atoms with Crippen molar-refractivity contribution in [3.8, 4) is 0 Å². The molecule has 2 aliphatic heterocycles. The first-order valence-corrected chi connectivity index (χ1v) is 7.26. The van der Waals surface area contributed by atoms with Crippen LogP contribution in [0.5, 0.6) is 0 Å². The monoisotopic (exact) mass is 264 g/mol. The lowest BCUT2D eigenvalue weighted by Crippen LogP contribution is -2.42. The van der Waals surface area contributed by atoms with Crippen LogP contribution in [0.25, 0.3) is 0 Å². The summed E-state index contributed by atoms with van der Waals surface area (Å²) in [5, 5.41) is 0.786. The van der Waals surface area contributed by atoms with Crippen molar-refractivity contribution in [1.29, 1.82) is 0 Å². The minimum absolute atomic E-state index is 0.166. The molecular formula is C15H21ClN2. The Kier molecular flexibility index (Phi) is 3.35. The fourth-order valence-electron chi connectivity index (χ4n) is 3.70. The number of nitrogens with two attached hydrogens (primary N) is 1. The van der Waals surface area contributed by atoms with Gasteiger partial charge in [-0.1, -0.05) is 23.7 Å². The maximum absolute atomic E-state index is 6.46. The fourth-order valence-corrected chi connectivity index (χ4v) is 3.83. The van der Waals surface area contributed by atoms with Crippen LogP contribution in [0.4, 0.5) is 0 Å². The lowest BCUT2D eigenvalue weighted by Gasteiger charge is -2.38. The molecule has 98 valence electrons. The highest BCUT2D eigenvalue weighted by Gasteiger charge is 2.40. The molecule has 0 spiro atoms. The lowest BCUT2D eigenvalue weighted by atomic mass is 9.82. The van der Waals surface area contributed by atoms with Gasteiger partial charge in [-0.3, -0.25) is 0 Å². The predicted octanol–water partition coefficient (Wildman–Crippen LogP) is 3.21. The van der Waals surface area contributed by atoms with Gasteiger partial charge in [0, 0.05) is 23.1 Å². The molecule has 3 unspecified atom stereocenters. The molecule has 0 saturated carbocycles. The lowest BCUT2D eigenvalue weighted by molar-refractivity contribution is 0.121. The SMILES string of the molecule is CN1C2CCC1CC(C(N)c1ccc(Cl)cc1)C2. The molecule has 1 aromatic rings. The standard InChI is InChI=1S/C15H21ClN2/c1-18-13-6-7-14(18)9-11(8-13)15(17)10-2-4-12(16)5-3-10/h2-5,11,13-15H,6-9,17H2,1H3. The van der Waals surface area contributed by atoms with E-state index in [1.54, 1.807) is 0 Å². The Balaban J connectivity index is 1.74. The minimum atomic E-state index is 0.166. The van der Waals surface area contributed by atoms with Gasteiger partial charge in [-0.25, -0.2) is 0 Å². The number of nitrogens with zero attached hydrogens (tertiary/aromatic N) is 1. The predicted molar refractivity (Wildman–Crippen MR) is 75.7 cm³/mol. The van der Waals surface area contributed by atoms with Crippen molar-refractivity contribution in [3.63, 3.8) is 0 Å². The molecule has 0 radical (unpaired) electrons. The second-order valence-corrected chi connectivity index (χ2v) is 6.30. The highest BCUT2D eigenvalue weighted by Crippen LogP contribution is 2.41. The molecule has 18 heavy (non-hydrogen) atoms. The zero-order valence-corrected chi connectivity index (χ0v) is 11.6. The van der Waals surface area contributed by atoms with Crippen LogP contribution < -0.4 is 5.73 Å². The summed E-state index contributed by atoms with van der Waals surface area (Å²) in [6.45, 7) is 0. The molecular weight excluding hydrogens is 244 g/mol. The summed E-state index contributed by atoms with van der Waals surface area (Å²) in [5.41, 5.74) is 7.69. The van der Waals surface area contributed by atoms with E-state index >= 15 is 0 Å². The molecule has 2 heterocycles. The van der Waals surface area contributed by atoms with Gasteiger partial charge in [-0.05, 0) is 56.3 Å². The Morgan fingerprint density at radius 3 is 2.28 bits per heavy atom. The summed E-state index contributed by atoms with van der Waals surface area (Å²) in [5.74, 6) is 0.625. The van der Waals surface area contributed by atoms with Gasteiger partial charge in [-0.2, -0.15) is 0 Å². The molecule has 2 aliphatic rings. The van der Waals surface area contributed by atoms with Crippen LogP contribution in [0.15, 0.2) is 24.3 Å². The summed E-state index contributed by atoms with van der Waals surface area (Å²) in [7, 11) is 2.27. The molecule has 3 heteroatoms. The third kappa shape index (κ3) is 2.18. The Hall–Kier alpha value is -0.570. The second-order valence-electron chi connectivity index (χ2n) is 5.86. The molecule has 2 bridgehead atoms. The van der Waals surface area contributed by atoms with Gasteiger partial charge in [0.2, 0.25) is 0 Å². The molecule has 3 rings (SSSR count). The summed E-state index contributed by atoms with van der Waals surface area (Å²) < 4.78 is 0. The summed E-state index contributed by atoms with van der Waals surface area (Å²) in [4.78, 5) is 2.56. The number of hydrogen-bond donors (Lipinski definition) is 1. The molecule has 2 fully saturated rings. The third-order valence-electron chi connectivity index (χ3n) is 4.90. The van der Waals surface area contributed by atoms with Crippen LogP contribution in [0, 0.1) is 5.92 Å². The minimum Gasteiger partial charge on any atom is -0.324 e. The molecule has 0 aliphatic carbocycles. The fraction of sp³-hybridized carbons (Fsp3) is 0.600. The van der Waals surface area contributed by atoms with Crippen molar-refractivity contribution in [3.05, 3.63) is 34.9 Å². The number of fused-ring (bicyclic) bond motifs is 2. The molecule has 2 nitrogen and oxygen atoms in total. The van der Waals surface area contributed by atoms with E-state index in [4.69, 9.17) is 17.3 Å². The van der Waals surface area contributed by atoms with E-state index in [2.05, 4.69) is 24.1 Å². The van der Waals surface area contributed by atoms with Gasteiger partial charge in [0.1, 0.15) is 0 Å². The van der Waals surface area contributed by atoms with Crippen LogP contribution in [-0.2, 0) is 0 Å². The third-order valence-corrected chi connectivity index (χ3v) is 5.15. The number of hydrogen-bond acceptors (Lipinski definition) is 2. The molecule has 0 aromatic heterocycles. The maximum Gasteiger partial charge on any atom is 0.0406 e. The number of piperidine rings is 1. The van der Waals surface area contributed by atoms with Gasteiger partial charge in [0.05, 0.1) is 0 Å². The number of halogens is 1. The van der Waals surface area contributed by atoms with Crippen LogP contribution in [0.1, 0.15) is 37.3 Å². The quantitative estimate of drug-likeness (QED) is 0.889. The van der Waals surface area contributed by atoms with E-state index in [1.807, 2.05) is 12.1 Å². The van der Waals surface area contributed by atoms with E-state index in [0.717, 1.165) is 17.1 Å². The van der Waals surface area contributed by atoms with E-state index in [0.29, 0.717) is 5.92 Å². The summed E-state index contributed by atoms with van der Waals surface area (Å²) in [6, 6.07) is 9.72.